The second-order valence-corrected chi connectivity index (χ2v) is 5.41. The molecule has 0 aromatic heterocycles. The van der Waals surface area contributed by atoms with Gasteiger partial charge < -0.3 is 5.32 Å². The Labute approximate surface area is 92.8 Å². The van der Waals surface area contributed by atoms with Crippen LogP contribution in [-0.2, 0) is 4.79 Å². The van der Waals surface area contributed by atoms with E-state index >= 15 is 0 Å². The van der Waals surface area contributed by atoms with Crippen molar-refractivity contribution in [2.75, 3.05) is 6.54 Å². The summed E-state index contributed by atoms with van der Waals surface area (Å²) < 4.78 is 0. The highest BCUT2D eigenvalue weighted by molar-refractivity contribution is 5.79. The second kappa shape index (κ2) is 5.00. The first-order chi connectivity index (χ1) is 7.27. The molecule has 1 aliphatic heterocycles. The Morgan fingerprint density at radius 2 is 1.80 bits per heavy atom. The lowest BCUT2D eigenvalue weighted by Gasteiger charge is -2.31. The van der Waals surface area contributed by atoms with Crippen LogP contribution in [-0.4, -0.2) is 12.5 Å². The summed E-state index contributed by atoms with van der Waals surface area (Å²) in [5, 5.41) is 3.06. The van der Waals surface area contributed by atoms with Gasteiger partial charge in [0.05, 0.1) is 0 Å². The lowest BCUT2D eigenvalue weighted by molar-refractivity contribution is -0.126. The fourth-order valence-corrected chi connectivity index (χ4v) is 3.10. The average molecular weight is 209 g/mol. The van der Waals surface area contributed by atoms with Gasteiger partial charge in [-0.1, -0.05) is 26.2 Å². The van der Waals surface area contributed by atoms with E-state index < -0.39 is 0 Å². The summed E-state index contributed by atoms with van der Waals surface area (Å²) in [5.74, 6) is 2.24. The predicted octanol–water partition coefficient (Wildman–Crippen LogP) is 2.73. The third-order valence-electron chi connectivity index (χ3n) is 4.21. The van der Waals surface area contributed by atoms with Crippen LogP contribution in [0.1, 0.15) is 51.9 Å². The molecule has 1 atom stereocenters. The second-order valence-electron chi connectivity index (χ2n) is 5.41. The smallest absolute Gasteiger partial charge is 0.223 e. The normalized spacial score (nSPS) is 38.2. The molecule has 86 valence electrons. The van der Waals surface area contributed by atoms with Gasteiger partial charge in [0.2, 0.25) is 5.91 Å². The van der Waals surface area contributed by atoms with Crippen molar-refractivity contribution >= 4 is 5.91 Å². The van der Waals surface area contributed by atoms with Crippen molar-refractivity contribution in [3.63, 3.8) is 0 Å². The largest absolute Gasteiger partial charge is 0.356 e. The highest BCUT2D eigenvalue weighted by Crippen LogP contribution is 2.35. The third-order valence-corrected chi connectivity index (χ3v) is 4.21. The Morgan fingerprint density at radius 1 is 1.07 bits per heavy atom. The monoisotopic (exact) mass is 209 g/mol. The number of carbonyl (C=O) groups excluding carboxylic acids is 1. The maximum atomic E-state index is 11.9. The van der Waals surface area contributed by atoms with Crippen molar-refractivity contribution in [3.8, 4) is 0 Å². The first kappa shape index (κ1) is 11.0. The van der Waals surface area contributed by atoms with Crippen LogP contribution in [0, 0.1) is 17.8 Å². The number of rotatable bonds is 1. The summed E-state index contributed by atoms with van der Waals surface area (Å²) in [6.07, 6.45) is 8.74. The van der Waals surface area contributed by atoms with Gasteiger partial charge in [-0.25, -0.2) is 0 Å². The van der Waals surface area contributed by atoms with Crippen LogP contribution in [0.4, 0.5) is 0 Å². The van der Waals surface area contributed by atoms with Gasteiger partial charge in [-0.3, -0.25) is 4.79 Å². The summed E-state index contributed by atoms with van der Waals surface area (Å²) in [6, 6.07) is 0. The Bertz CT molecular complexity index is 219. The van der Waals surface area contributed by atoms with Crippen molar-refractivity contribution in [3.05, 3.63) is 0 Å². The highest BCUT2D eigenvalue weighted by Gasteiger charge is 2.31. The Kier molecular flexibility index (Phi) is 3.66. The van der Waals surface area contributed by atoms with Crippen LogP contribution >= 0.6 is 0 Å². The molecule has 2 aliphatic rings. The highest BCUT2D eigenvalue weighted by atomic mass is 16.1. The van der Waals surface area contributed by atoms with E-state index in [0.29, 0.717) is 17.7 Å². The van der Waals surface area contributed by atoms with E-state index in [2.05, 4.69) is 12.2 Å². The molecule has 0 aromatic carbocycles. The summed E-state index contributed by atoms with van der Waals surface area (Å²) in [6.45, 7) is 3.24. The van der Waals surface area contributed by atoms with Crippen LogP contribution < -0.4 is 5.32 Å². The van der Waals surface area contributed by atoms with Crippen LogP contribution in [0.5, 0.6) is 0 Å². The molecule has 1 heterocycles. The number of carbonyl (C=O) groups is 1. The fraction of sp³-hybridized carbons (Fsp3) is 0.923. The average Bonchev–Trinajstić information content (AvgIpc) is 2.44. The molecular weight excluding hydrogens is 186 g/mol. The van der Waals surface area contributed by atoms with Gasteiger partial charge in [-0.05, 0) is 37.5 Å². The molecule has 0 bridgehead atoms. The zero-order valence-electron chi connectivity index (χ0n) is 9.80. The van der Waals surface area contributed by atoms with Gasteiger partial charge in [0.1, 0.15) is 0 Å². The van der Waals surface area contributed by atoms with Crippen molar-refractivity contribution in [1.82, 2.24) is 5.32 Å². The Hall–Kier alpha value is -0.530. The molecule has 1 aliphatic carbocycles. The molecule has 2 heteroatoms. The SMILES string of the molecule is CC1CCC(C2CCCCNC2=O)CC1. The van der Waals surface area contributed by atoms with Crippen LogP contribution in [0.15, 0.2) is 0 Å². The van der Waals surface area contributed by atoms with Crippen molar-refractivity contribution in [2.45, 2.75) is 51.9 Å². The molecule has 1 saturated heterocycles. The number of nitrogens with one attached hydrogen (secondary N) is 1. The summed E-state index contributed by atoms with van der Waals surface area (Å²) in [4.78, 5) is 11.9. The molecular formula is C13H23NO. The van der Waals surface area contributed by atoms with E-state index in [-0.39, 0.29) is 0 Å². The van der Waals surface area contributed by atoms with Crippen molar-refractivity contribution < 1.29 is 4.79 Å². The van der Waals surface area contributed by atoms with E-state index in [1.807, 2.05) is 0 Å². The predicted molar refractivity (Wildman–Crippen MR) is 61.5 cm³/mol. The summed E-state index contributed by atoms with van der Waals surface area (Å²) in [7, 11) is 0. The van der Waals surface area contributed by atoms with Crippen LogP contribution in [0.3, 0.4) is 0 Å². The first-order valence-electron chi connectivity index (χ1n) is 6.55. The van der Waals surface area contributed by atoms with Crippen LogP contribution in [0.2, 0.25) is 0 Å². The van der Waals surface area contributed by atoms with Gasteiger partial charge in [0.15, 0.2) is 0 Å². The molecule has 0 aromatic rings. The zero-order chi connectivity index (χ0) is 10.7. The van der Waals surface area contributed by atoms with Crippen molar-refractivity contribution in [1.29, 1.82) is 0 Å². The van der Waals surface area contributed by atoms with E-state index in [4.69, 9.17) is 0 Å². The lowest BCUT2D eigenvalue weighted by Crippen LogP contribution is -2.34. The van der Waals surface area contributed by atoms with Crippen LogP contribution in [0.25, 0.3) is 0 Å². The Morgan fingerprint density at radius 3 is 2.53 bits per heavy atom. The summed E-state index contributed by atoms with van der Waals surface area (Å²) in [5.41, 5.74) is 0. The van der Waals surface area contributed by atoms with Gasteiger partial charge in [0.25, 0.3) is 0 Å². The minimum Gasteiger partial charge on any atom is -0.356 e. The maximum Gasteiger partial charge on any atom is 0.223 e. The Balaban J connectivity index is 1.92. The molecule has 15 heavy (non-hydrogen) atoms. The molecule has 0 radical (unpaired) electrons. The maximum absolute atomic E-state index is 11.9. The van der Waals surface area contributed by atoms with Crippen molar-refractivity contribution in [2.24, 2.45) is 17.8 Å². The van der Waals surface area contributed by atoms with Gasteiger partial charge in [0, 0.05) is 12.5 Å². The number of hydrogen-bond donors (Lipinski definition) is 1. The minimum atomic E-state index is 0.333. The van der Waals surface area contributed by atoms with Gasteiger partial charge in [-0.15, -0.1) is 0 Å². The lowest BCUT2D eigenvalue weighted by atomic mass is 9.75. The molecule has 1 saturated carbocycles. The standard InChI is InChI=1S/C13H23NO/c1-10-5-7-11(8-6-10)12-4-2-3-9-14-13(12)15/h10-12H,2-9H2,1H3,(H,14,15). The molecule has 1 unspecified atom stereocenters. The molecule has 0 spiro atoms. The van der Waals surface area contributed by atoms with E-state index in [1.54, 1.807) is 0 Å². The molecule has 2 rings (SSSR count). The topological polar surface area (TPSA) is 29.1 Å². The van der Waals surface area contributed by atoms with Gasteiger partial charge in [-0.2, -0.15) is 0 Å². The van der Waals surface area contributed by atoms with E-state index in [0.717, 1.165) is 18.9 Å². The first-order valence-corrected chi connectivity index (χ1v) is 6.55. The molecule has 2 fully saturated rings. The number of amides is 1. The molecule has 1 N–H and O–H groups in total. The summed E-state index contributed by atoms with van der Waals surface area (Å²) >= 11 is 0. The minimum absolute atomic E-state index is 0.333. The fourth-order valence-electron chi connectivity index (χ4n) is 3.10. The van der Waals surface area contributed by atoms with E-state index in [1.165, 1.54) is 38.5 Å². The zero-order valence-corrected chi connectivity index (χ0v) is 9.80. The molecule has 1 amide bonds. The van der Waals surface area contributed by atoms with Gasteiger partial charge >= 0.3 is 0 Å². The number of hydrogen-bond acceptors (Lipinski definition) is 1. The van der Waals surface area contributed by atoms with E-state index in [9.17, 15) is 4.79 Å². The third kappa shape index (κ3) is 2.73. The quantitative estimate of drug-likeness (QED) is 0.707. The molecule has 2 nitrogen and oxygen atoms in total.